The summed E-state index contributed by atoms with van der Waals surface area (Å²) in [5.74, 6) is 0.888. The van der Waals surface area contributed by atoms with Gasteiger partial charge in [-0.3, -0.25) is 0 Å². The molecule has 0 atom stereocenters. The zero-order chi connectivity index (χ0) is 15.9. The Kier molecular flexibility index (Phi) is 9.00. The fourth-order valence-corrected chi connectivity index (χ4v) is 3.35. The van der Waals surface area contributed by atoms with E-state index in [4.69, 9.17) is 0 Å². The molecule has 2 heterocycles. The summed E-state index contributed by atoms with van der Waals surface area (Å²) < 4.78 is 0. The molecule has 8 heteroatoms. The molecular weight excluding hydrogens is 441 g/mol. The second-order valence-corrected chi connectivity index (χ2v) is 6.98. The third-order valence-electron chi connectivity index (χ3n) is 3.05. The van der Waals surface area contributed by atoms with Crippen LogP contribution in [0.2, 0.25) is 0 Å². The van der Waals surface area contributed by atoms with Crippen molar-refractivity contribution in [1.29, 1.82) is 0 Å². The normalized spacial score (nSPS) is 11.2. The van der Waals surface area contributed by atoms with Crippen LogP contribution in [0, 0.1) is 6.92 Å². The second-order valence-electron chi connectivity index (χ2n) is 4.97. The van der Waals surface area contributed by atoms with E-state index in [0.717, 1.165) is 41.9 Å². The highest BCUT2D eigenvalue weighted by Gasteiger charge is 2.09. The first-order chi connectivity index (χ1) is 10.6. The maximum absolute atomic E-state index is 4.69. The highest BCUT2D eigenvalue weighted by molar-refractivity contribution is 14.0. The SMILES string of the molecule is CCNC(=NCc1csc(CC)n1)N(C)Cc1csc(C)n1.I. The van der Waals surface area contributed by atoms with Gasteiger partial charge in [0.15, 0.2) is 5.96 Å². The van der Waals surface area contributed by atoms with E-state index in [9.17, 15) is 0 Å². The predicted octanol–water partition coefficient (Wildman–Crippen LogP) is 3.69. The molecule has 0 saturated heterocycles. The average molecular weight is 465 g/mol. The quantitative estimate of drug-likeness (QED) is 0.402. The molecule has 0 spiro atoms. The number of hydrogen-bond acceptors (Lipinski definition) is 5. The summed E-state index contributed by atoms with van der Waals surface area (Å²) in [6.45, 7) is 8.44. The number of nitrogens with one attached hydrogen (secondary N) is 1. The van der Waals surface area contributed by atoms with E-state index in [1.807, 2.05) is 14.0 Å². The summed E-state index contributed by atoms with van der Waals surface area (Å²) in [6.07, 6.45) is 0.984. The Morgan fingerprint density at radius 2 is 1.96 bits per heavy atom. The number of guanidine groups is 1. The van der Waals surface area contributed by atoms with Crippen molar-refractivity contribution < 1.29 is 0 Å². The molecule has 2 aromatic rings. The summed E-state index contributed by atoms with van der Waals surface area (Å²) in [6, 6.07) is 0. The van der Waals surface area contributed by atoms with Gasteiger partial charge in [-0.05, 0) is 20.3 Å². The third kappa shape index (κ3) is 6.34. The molecule has 0 aliphatic heterocycles. The number of rotatable bonds is 6. The van der Waals surface area contributed by atoms with Crippen LogP contribution < -0.4 is 5.32 Å². The van der Waals surface area contributed by atoms with Gasteiger partial charge in [0.1, 0.15) is 0 Å². The van der Waals surface area contributed by atoms with Gasteiger partial charge in [-0.15, -0.1) is 46.7 Å². The van der Waals surface area contributed by atoms with Gasteiger partial charge < -0.3 is 10.2 Å². The molecule has 0 aliphatic rings. The van der Waals surface area contributed by atoms with E-state index in [0.29, 0.717) is 6.54 Å². The molecule has 0 aromatic carbocycles. The summed E-state index contributed by atoms with van der Waals surface area (Å²) in [5.41, 5.74) is 2.12. The molecule has 0 fully saturated rings. The molecule has 0 saturated carbocycles. The lowest BCUT2D eigenvalue weighted by Crippen LogP contribution is -2.38. The van der Waals surface area contributed by atoms with Crippen molar-refractivity contribution in [3.63, 3.8) is 0 Å². The Bertz CT molecular complexity index is 623. The molecule has 0 amide bonds. The van der Waals surface area contributed by atoms with Gasteiger partial charge in [0.05, 0.1) is 34.5 Å². The highest BCUT2D eigenvalue weighted by atomic mass is 127. The molecule has 0 unspecified atom stereocenters. The number of hydrogen-bond donors (Lipinski definition) is 1. The molecule has 128 valence electrons. The number of nitrogens with zero attached hydrogens (tertiary/aromatic N) is 4. The molecule has 2 rings (SSSR count). The summed E-state index contributed by atoms with van der Waals surface area (Å²) in [4.78, 5) is 15.9. The zero-order valence-corrected chi connectivity index (χ0v) is 18.0. The van der Waals surface area contributed by atoms with Crippen LogP contribution in [-0.2, 0) is 19.5 Å². The fraction of sp³-hybridized carbons (Fsp3) is 0.533. The molecule has 2 aromatic heterocycles. The largest absolute Gasteiger partial charge is 0.357 e. The minimum atomic E-state index is 0. The minimum Gasteiger partial charge on any atom is -0.357 e. The van der Waals surface area contributed by atoms with E-state index in [1.54, 1.807) is 22.7 Å². The second kappa shape index (κ2) is 10.2. The standard InChI is InChI=1S/C15H23N5S2.HI/c1-5-14-19-12(9-22-14)7-17-15(16-6-2)20(4)8-13-10-21-11(3)18-13;/h9-10H,5-8H2,1-4H3,(H,16,17);1H. The number of aryl methyl sites for hydroxylation is 2. The average Bonchev–Trinajstić information content (AvgIpc) is 3.12. The van der Waals surface area contributed by atoms with Crippen LogP contribution in [0.3, 0.4) is 0 Å². The monoisotopic (exact) mass is 465 g/mol. The Hall–Kier alpha value is -0.740. The Labute approximate surface area is 163 Å². The van der Waals surface area contributed by atoms with E-state index < -0.39 is 0 Å². The Morgan fingerprint density at radius 1 is 1.22 bits per heavy atom. The lowest BCUT2D eigenvalue weighted by molar-refractivity contribution is 0.470. The van der Waals surface area contributed by atoms with Crippen molar-refractivity contribution in [3.8, 4) is 0 Å². The summed E-state index contributed by atoms with van der Waals surface area (Å²) in [7, 11) is 2.04. The van der Waals surface area contributed by atoms with Crippen LogP contribution in [0.15, 0.2) is 15.8 Å². The topological polar surface area (TPSA) is 53.4 Å². The summed E-state index contributed by atoms with van der Waals surface area (Å²) in [5, 5.41) is 9.79. The summed E-state index contributed by atoms with van der Waals surface area (Å²) >= 11 is 3.39. The van der Waals surface area contributed by atoms with Crippen LogP contribution in [-0.4, -0.2) is 34.4 Å². The molecule has 1 N–H and O–H groups in total. The lowest BCUT2D eigenvalue weighted by Gasteiger charge is -2.21. The van der Waals surface area contributed by atoms with Gasteiger partial charge in [-0.25, -0.2) is 15.0 Å². The van der Waals surface area contributed by atoms with Gasteiger partial charge in [0.25, 0.3) is 0 Å². The van der Waals surface area contributed by atoms with E-state index >= 15 is 0 Å². The van der Waals surface area contributed by atoms with Gasteiger partial charge in [0.2, 0.25) is 0 Å². The van der Waals surface area contributed by atoms with Gasteiger partial charge >= 0.3 is 0 Å². The van der Waals surface area contributed by atoms with E-state index in [1.165, 1.54) is 5.01 Å². The fourth-order valence-electron chi connectivity index (χ4n) is 2.01. The number of aromatic nitrogens is 2. The first-order valence-corrected chi connectivity index (χ1v) is 9.22. The lowest BCUT2D eigenvalue weighted by atomic mass is 10.4. The van der Waals surface area contributed by atoms with Crippen LogP contribution >= 0.6 is 46.7 Å². The van der Waals surface area contributed by atoms with Crippen molar-refractivity contribution in [2.45, 2.75) is 40.3 Å². The van der Waals surface area contributed by atoms with Gasteiger partial charge in [0, 0.05) is 24.4 Å². The van der Waals surface area contributed by atoms with Crippen LogP contribution in [0.25, 0.3) is 0 Å². The molecule has 5 nitrogen and oxygen atoms in total. The van der Waals surface area contributed by atoms with Crippen LogP contribution in [0.5, 0.6) is 0 Å². The Morgan fingerprint density at radius 3 is 2.52 bits per heavy atom. The molecule has 0 bridgehead atoms. The maximum atomic E-state index is 4.69. The van der Waals surface area contributed by atoms with E-state index in [2.05, 4.69) is 49.8 Å². The van der Waals surface area contributed by atoms with Gasteiger partial charge in [-0.2, -0.15) is 0 Å². The van der Waals surface area contributed by atoms with Crippen molar-refractivity contribution in [3.05, 3.63) is 32.2 Å². The van der Waals surface area contributed by atoms with Crippen molar-refractivity contribution in [2.24, 2.45) is 4.99 Å². The minimum absolute atomic E-state index is 0. The van der Waals surface area contributed by atoms with Crippen molar-refractivity contribution >= 4 is 52.6 Å². The number of halogens is 1. The third-order valence-corrected chi connectivity index (χ3v) is 4.92. The first kappa shape index (κ1) is 20.3. The van der Waals surface area contributed by atoms with E-state index in [-0.39, 0.29) is 24.0 Å². The van der Waals surface area contributed by atoms with Crippen molar-refractivity contribution in [1.82, 2.24) is 20.2 Å². The van der Waals surface area contributed by atoms with Gasteiger partial charge in [-0.1, -0.05) is 6.92 Å². The molecule has 0 aliphatic carbocycles. The number of thiazole rings is 2. The van der Waals surface area contributed by atoms with Crippen LogP contribution in [0.4, 0.5) is 0 Å². The smallest absolute Gasteiger partial charge is 0.194 e. The maximum Gasteiger partial charge on any atom is 0.194 e. The zero-order valence-electron chi connectivity index (χ0n) is 14.0. The Balaban J connectivity index is 0.00000264. The molecule has 23 heavy (non-hydrogen) atoms. The molecule has 0 radical (unpaired) electrons. The number of aliphatic imine (C=N–C) groups is 1. The predicted molar refractivity (Wildman–Crippen MR) is 110 cm³/mol. The highest BCUT2D eigenvalue weighted by Crippen LogP contribution is 2.12. The first-order valence-electron chi connectivity index (χ1n) is 7.46. The van der Waals surface area contributed by atoms with Crippen LogP contribution in [0.1, 0.15) is 35.3 Å². The van der Waals surface area contributed by atoms with Crippen molar-refractivity contribution in [2.75, 3.05) is 13.6 Å². The molecular formula is C15H24IN5S2.